The molecule has 2 rings (SSSR count). The van der Waals surface area contributed by atoms with Gasteiger partial charge in [-0.3, -0.25) is 9.10 Å². The van der Waals surface area contributed by atoms with Gasteiger partial charge in [-0.05, 0) is 45.0 Å². The fraction of sp³-hybridized carbons (Fsp3) is 0.278. The van der Waals surface area contributed by atoms with E-state index >= 15 is 0 Å². The van der Waals surface area contributed by atoms with Gasteiger partial charge < -0.3 is 4.74 Å². The average molecular weight is 416 g/mol. The van der Waals surface area contributed by atoms with Crippen molar-refractivity contribution < 1.29 is 17.9 Å². The van der Waals surface area contributed by atoms with Crippen LogP contribution in [0.4, 0.5) is 5.69 Å². The Morgan fingerprint density at radius 2 is 1.73 bits per heavy atom. The summed E-state index contributed by atoms with van der Waals surface area (Å²) in [6.45, 7) is 4.70. The van der Waals surface area contributed by atoms with Crippen LogP contribution in [0.15, 0.2) is 47.4 Å². The topological polar surface area (TPSA) is 63.7 Å². The van der Waals surface area contributed by atoms with Crippen molar-refractivity contribution in [1.82, 2.24) is 0 Å². The van der Waals surface area contributed by atoms with Gasteiger partial charge in [-0.25, -0.2) is 8.42 Å². The molecule has 0 spiro atoms. The van der Waals surface area contributed by atoms with Crippen molar-refractivity contribution in [2.75, 3.05) is 10.8 Å². The Balaban J connectivity index is 2.54. The summed E-state index contributed by atoms with van der Waals surface area (Å²) in [4.78, 5) is 12.2. The second-order valence-electron chi connectivity index (χ2n) is 5.94. The fourth-order valence-electron chi connectivity index (χ4n) is 2.24. The van der Waals surface area contributed by atoms with E-state index in [0.29, 0.717) is 0 Å². The van der Waals surface area contributed by atoms with Gasteiger partial charge in [0.25, 0.3) is 10.0 Å². The van der Waals surface area contributed by atoms with Crippen molar-refractivity contribution in [2.45, 2.75) is 31.8 Å². The van der Waals surface area contributed by atoms with E-state index in [4.69, 9.17) is 27.9 Å². The summed E-state index contributed by atoms with van der Waals surface area (Å²) in [6, 6.07) is 10.9. The molecule has 0 bridgehead atoms. The maximum Gasteiger partial charge on any atom is 0.327 e. The third-order valence-corrected chi connectivity index (χ3v) is 6.03. The van der Waals surface area contributed by atoms with E-state index in [1.165, 1.54) is 24.3 Å². The van der Waals surface area contributed by atoms with E-state index in [-0.39, 0.29) is 26.7 Å². The highest BCUT2D eigenvalue weighted by atomic mass is 35.5. The number of carbonyl (C=O) groups is 1. The first-order chi connectivity index (χ1) is 12.1. The molecule has 0 atom stereocenters. The summed E-state index contributed by atoms with van der Waals surface area (Å²) in [5.41, 5.74) is 1.02. The standard InChI is InChI=1S/C18H19Cl2NO4S/c1-12(2)25-17(22)11-21(16-6-4-5-15(19)18(16)20)26(23,24)14-9-7-13(3)8-10-14/h4-10,12H,11H2,1-3H3. The van der Waals surface area contributed by atoms with Crippen LogP contribution in [0.25, 0.3) is 0 Å². The summed E-state index contributed by atoms with van der Waals surface area (Å²) in [5, 5.41) is 0.229. The van der Waals surface area contributed by atoms with E-state index in [1.807, 2.05) is 6.92 Å². The van der Waals surface area contributed by atoms with Crippen molar-refractivity contribution in [3.05, 3.63) is 58.1 Å². The van der Waals surface area contributed by atoms with E-state index in [2.05, 4.69) is 0 Å². The molecule has 2 aromatic carbocycles. The third-order valence-electron chi connectivity index (χ3n) is 3.45. The molecular weight excluding hydrogens is 397 g/mol. The average Bonchev–Trinajstić information content (AvgIpc) is 2.55. The predicted molar refractivity (Wildman–Crippen MR) is 103 cm³/mol. The van der Waals surface area contributed by atoms with Crippen LogP contribution in [0.3, 0.4) is 0 Å². The monoisotopic (exact) mass is 415 g/mol. The quantitative estimate of drug-likeness (QED) is 0.653. The number of halogens is 2. The van der Waals surface area contributed by atoms with Crippen molar-refractivity contribution in [3.8, 4) is 0 Å². The number of aryl methyl sites for hydroxylation is 1. The van der Waals surface area contributed by atoms with Crippen LogP contribution in [0, 0.1) is 6.92 Å². The molecule has 0 aliphatic rings. The number of sulfonamides is 1. The molecule has 0 aliphatic carbocycles. The zero-order chi connectivity index (χ0) is 19.5. The van der Waals surface area contributed by atoms with Gasteiger partial charge in [0.1, 0.15) is 6.54 Å². The molecule has 0 aromatic heterocycles. The lowest BCUT2D eigenvalue weighted by atomic mass is 10.2. The third kappa shape index (κ3) is 4.69. The summed E-state index contributed by atoms with van der Waals surface area (Å²) in [7, 11) is -4.05. The highest BCUT2D eigenvalue weighted by Gasteiger charge is 2.30. The van der Waals surface area contributed by atoms with Crippen LogP contribution in [0.2, 0.25) is 10.0 Å². The lowest BCUT2D eigenvalue weighted by Gasteiger charge is -2.25. The maximum absolute atomic E-state index is 13.1. The first-order valence-electron chi connectivity index (χ1n) is 7.86. The minimum atomic E-state index is -4.05. The normalized spacial score (nSPS) is 11.5. The van der Waals surface area contributed by atoms with Gasteiger partial charge in [0.15, 0.2) is 0 Å². The summed E-state index contributed by atoms with van der Waals surface area (Å²) < 4.78 is 32.3. The van der Waals surface area contributed by atoms with Gasteiger partial charge in [0.05, 0.1) is 26.7 Å². The van der Waals surface area contributed by atoms with Gasteiger partial charge in [0.2, 0.25) is 0 Å². The minimum Gasteiger partial charge on any atom is -0.462 e. The molecule has 8 heteroatoms. The number of benzene rings is 2. The Labute approximate surface area is 163 Å². The molecule has 0 fully saturated rings. The van der Waals surface area contributed by atoms with Gasteiger partial charge in [-0.15, -0.1) is 0 Å². The van der Waals surface area contributed by atoms with Gasteiger partial charge in [-0.1, -0.05) is 47.0 Å². The molecule has 5 nitrogen and oxygen atoms in total. The van der Waals surface area contributed by atoms with E-state index in [9.17, 15) is 13.2 Å². The van der Waals surface area contributed by atoms with E-state index in [1.54, 1.807) is 32.0 Å². The number of hydrogen-bond donors (Lipinski definition) is 0. The van der Waals surface area contributed by atoms with Crippen LogP contribution in [0.5, 0.6) is 0 Å². The smallest absolute Gasteiger partial charge is 0.327 e. The first-order valence-corrected chi connectivity index (χ1v) is 10.1. The number of hydrogen-bond acceptors (Lipinski definition) is 4. The molecule has 0 radical (unpaired) electrons. The van der Waals surface area contributed by atoms with Gasteiger partial charge in [0, 0.05) is 0 Å². The first kappa shape index (κ1) is 20.6. The Kier molecular flexibility index (Phi) is 6.55. The van der Waals surface area contributed by atoms with Crippen molar-refractivity contribution in [2.24, 2.45) is 0 Å². The molecular formula is C18H19Cl2NO4S. The highest BCUT2D eigenvalue weighted by Crippen LogP contribution is 2.35. The maximum atomic E-state index is 13.1. The Hall–Kier alpha value is -1.76. The van der Waals surface area contributed by atoms with Crippen molar-refractivity contribution in [1.29, 1.82) is 0 Å². The van der Waals surface area contributed by atoms with Crippen molar-refractivity contribution >= 4 is 44.9 Å². The summed E-state index contributed by atoms with van der Waals surface area (Å²) in [5.74, 6) is -0.688. The van der Waals surface area contributed by atoms with Crippen molar-refractivity contribution in [3.63, 3.8) is 0 Å². The zero-order valence-electron chi connectivity index (χ0n) is 14.6. The molecule has 2 aromatic rings. The van der Waals surface area contributed by atoms with Crippen LogP contribution >= 0.6 is 23.2 Å². The molecule has 0 saturated heterocycles. The van der Waals surface area contributed by atoms with Crippen LogP contribution in [0.1, 0.15) is 19.4 Å². The zero-order valence-corrected chi connectivity index (χ0v) is 16.9. The largest absolute Gasteiger partial charge is 0.462 e. The lowest BCUT2D eigenvalue weighted by molar-refractivity contribution is -0.145. The Bertz CT molecular complexity index is 896. The van der Waals surface area contributed by atoms with E-state index in [0.717, 1.165) is 9.87 Å². The van der Waals surface area contributed by atoms with Crippen LogP contribution in [-0.2, 0) is 19.6 Å². The second kappa shape index (κ2) is 8.29. The number of nitrogens with zero attached hydrogens (tertiary/aromatic N) is 1. The lowest BCUT2D eigenvalue weighted by Crippen LogP contribution is -2.37. The number of ether oxygens (including phenoxy) is 1. The molecule has 0 aliphatic heterocycles. The molecule has 0 N–H and O–H groups in total. The number of carbonyl (C=O) groups excluding carboxylic acids is 1. The molecule has 0 unspecified atom stereocenters. The predicted octanol–water partition coefficient (Wildman–Crippen LogP) is 4.45. The highest BCUT2D eigenvalue weighted by molar-refractivity contribution is 7.92. The second-order valence-corrected chi connectivity index (χ2v) is 8.58. The molecule has 140 valence electrons. The summed E-state index contributed by atoms with van der Waals surface area (Å²) in [6.07, 6.45) is -0.374. The van der Waals surface area contributed by atoms with Gasteiger partial charge in [-0.2, -0.15) is 0 Å². The van der Waals surface area contributed by atoms with Crippen LogP contribution in [-0.4, -0.2) is 27.0 Å². The number of rotatable bonds is 6. The summed E-state index contributed by atoms with van der Waals surface area (Å²) >= 11 is 12.2. The molecule has 0 amide bonds. The SMILES string of the molecule is Cc1ccc(S(=O)(=O)N(CC(=O)OC(C)C)c2cccc(Cl)c2Cl)cc1. The number of anilines is 1. The Morgan fingerprint density at radius 3 is 2.31 bits per heavy atom. The van der Waals surface area contributed by atoms with Gasteiger partial charge >= 0.3 is 5.97 Å². The van der Waals surface area contributed by atoms with E-state index < -0.39 is 22.5 Å². The molecule has 0 heterocycles. The number of esters is 1. The Morgan fingerprint density at radius 1 is 1.12 bits per heavy atom. The minimum absolute atomic E-state index is 0.0384. The van der Waals surface area contributed by atoms with Crippen LogP contribution < -0.4 is 4.31 Å². The molecule has 26 heavy (non-hydrogen) atoms. The fourth-order valence-corrected chi connectivity index (χ4v) is 4.11. The molecule has 0 saturated carbocycles.